The van der Waals surface area contributed by atoms with Crippen LogP contribution in [0.2, 0.25) is 0 Å². The Labute approximate surface area is 104 Å². The second-order valence-electron chi connectivity index (χ2n) is 5.27. The van der Waals surface area contributed by atoms with Crippen LogP contribution in [0.3, 0.4) is 0 Å². The monoisotopic (exact) mass is 243 g/mol. The molecule has 16 heavy (non-hydrogen) atoms. The molecule has 3 atom stereocenters. The van der Waals surface area contributed by atoms with E-state index in [1.54, 1.807) is 0 Å². The standard InChI is InChI=1S/C13H25NOS/c1-2-12-10-14(7-8-16-12)9-11-5-3-4-6-13(11)15/h11-13,15H,2-10H2,1H3. The maximum Gasteiger partial charge on any atom is 0.0580 e. The number of aliphatic hydroxyl groups excluding tert-OH is 1. The lowest BCUT2D eigenvalue weighted by Crippen LogP contribution is -2.43. The fraction of sp³-hybridized carbons (Fsp3) is 1.00. The number of hydrogen-bond donors (Lipinski definition) is 1. The van der Waals surface area contributed by atoms with Gasteiger partial charge in [-0.05, 0) is 25.2 Å². The SMILES string of the molecule is CCC1CN(CC2CCCCC2O)CCS1. The van der Waals surface area contributed by atoms with E-state index in [1.807, 2.05) is 0 Å². The minimum atomic E-state index is -0.0246. The Morgan fingerprint density at radius 3 is 2.88 bits per heavy atom. The van der Waals surface area contributed by atoms with Gasteiger partial charge < -0.3 is 10.0 Å². The van der Waals surface area contributed by atoms with Crippen molar-refractivity contribution in [2.24, 2.45) is 5.92 Å². The fourth-order valence-electron chi connectivity index (χ4n) is 2.93. The van der Waals surface area contributed by atoms with Crippen molar-refractivity contribution >= 4 is 11.8 Å². The number of thioether (sulfide) groups is 1. The van der Waals surface area contributed by atoms with Crippen LogP contribution in [0, 0.1) is 5.92 Å². The molecule has 0 spiro atoms. The van der Waals surface area contributed by atoms with E-state index >= 15 is 0 Å². The summed E-state index contributed by atoms with van der Waals surface area (Å²) >= 11 is 2.13. The van der Waals surface area contributed by atoms with E-state index in [9.17, 15) is 5.11 Å². The summed E-state index contributed by atoms with van der Waals surface area (Å²) in [5, 5.41) is 10.8. The van der Waals surface area contributed by atoms with Gasteiger partial charge in [-0.3, -0.25) is 0 Å². The van der Waals surface area contributed by atoms with E-state index in [0.29, 0.717) is 5.92 Å². The average Bonchev–Trinajstić information content (AvgIpc) is 2.32. The molecule has 1 N–H and O–H groups in total. The van der Waals surface area contributed by atoms with Gasteiger partial charge in [-0.15, -0.1) is 0 Å². The fourth-order valence-corrected chi connectivity index (χ4v) is 4.17. The summed E-state index contributed by atoms with van der Waals surface area (Å²) in [5.41, 5.74) is 0. The average molecular weight is 243 g/mol. The van der Waals surface area contributed by atoms with Crippen LogP contribution in [-0.4, -0.2) is 46.7 Å². The first-order chi connectivity index (χ1) is 7.79. The van der Waals surface area contributed by atoms with Gasteiger partial charge in [0.2, 0.25) is 0 Å². The molecular weight excluding hydrogens is 218 g/mol. The Morgan fingerprint density at radius 2 is 2.12 bits per heavy atom. The van der Waals surface area contributed by atoms with E-state index in [-0.39, 0.29) is 6.10 Å². The lowest BCUT2D eigenvalue weighted by atomic mass is 9.86. The Hall–Kier alpha value is 0.270. The molecule has 0 bridgehead atoms. The molecule has 1 saturated heterocycles. The van der Waals surface area contributed by atoms with Gasteiger partial charge in [-0.1, -0.05) is 19.8 Å². The van der Waals surface area contributed by atoms with Crippen molar-refractivity contribution in [2.45, 2.75) is 50.4 Å². The maximum atomic E-state index is 9.99. The normalized spacial score (nSPS) is 37.5. The van der Waals surface area contributed by atoms with E-state index < -0.39 is 0 Å². The predicted octanol–water partition coefficient (Wildman–Crippen LogP) is 2.36. The Kier molecular flexibility index (Phi) is 4.98. The highest BCUT2D eigenvalue weighted by Crippen LogP contribution is 2.27. The van der Waals surface area contributed by atoms with Crippen LogP contribution in [0.5, 0.6) is 0 Å². The van der Waals surface area contributed by atoms with Gasteiger partial charge in [-0.2, -0.15) is 11.8 Å². The highest BCUT2D eigenvalue weighted by molar-refractivity contribution is 8.00. The summed E-state index contributed by atoms with van der Waals surface area (Å²) in [7, 11) is 0. The first kappa shape index (κ1) is 12.7. The highest BCUT2D eigenvalue weighted by atomic mass is 32.2. The summed E-state index contributed by atoms with van der Waals surface area (Å²) in [6.07, 6.45) is 6.08. The van der Waals surface area contributed by atoms with E-state index in [0.717, 1.165) is 18.2 Å². The molecule has 0 aromatic carbocycles. The third-order valence-corrected chi connectivity index (χ3v) is 5.41. The van der Waals surface area contributed by atoms with Crippen molar-refractivity contribution < 1.29 is 5.11 Å². The molecule has 2 nitrogen and oxygen atoms in total. The molecule has 1 saturated carbocycles. The lowest BCUT2D eigenvalue weighted by Gasteiger charge is -2.37. The Bertz CT molecular complexity index is 212. The minimum Gasteiger partial charge on any atom is -0.393 e. The molecule has 3 heteroatoms. The maximum absolute atomic E-state index is 9.99. The van der Waals surface area contributed by atoms with Crippen LogP contribution in [0.1, 0.15) is 39.0 Å². The summed E-state index contributed by atoms with van der Waals surface area (Å²) < 4.78 is 0. The summed E-state index contributed by atoms with van der Waals surface area (Å²) in [6.45, 7) is 5.89. The second kappa shape index (κ2) is 6.27. The van der Waals surface area contributed by atoms with Gasteiger partial charge in [0.1, 0.15) is 0 Å². The summed E-state index contributed by atoms with van der Waals surface area (Å²) in [6, 6.07) is 0. The van der Waals surface area contributed by atoms with Crippen LogP contribution < -0.4 is 0 Å². The highest BCUT2D eigenvalue weighted by Gasteiger charge is 2.27. The van der Waals surface area contributed by atoms with E-state index in [1.165, 1.54) is 44.5 Å². The van der Waals surface area contributed by atoms with Gasteiger partial charge in [0, 0.05) is 30.6 Å². The van der Waals surface area contributed by atoms with E-state index in [2.05, 4.69) is 23.6 Å². The molecule has 0 aromatic rings. The smallest absolute Gasteiger partial charge is 0.0580 e. The van der Waals surface area contributed by atoms with Crippen molar-refractivity contribution in [1.29, 1.82) is 0 Å². The van der Waals surface area contributed by atoms with Crippen LogP contribution in [0.15, 0.2) is 0 Å². The first-order valence-electron chi connectivity index (χ1n) is 6.81. The third-order valence-electron chi connectivity index (χ3n) is 4.04. The lowest BCUT2D eigenvalue weighted by molar-refractivity contribution is 0.0471. The largest absolute Gasteiger partial charge is 0.393 e. The molecule has 0 amide bonds. The molecule has 94 valence electrons. The van der Waals surface area contributed by atoms with Crippen molar-refractivity contribution in [1.82, 2.24) is 4.90 Å². The molecule has 2 aliphatic rings. The van der Waals surface area contributed by atoms with Crippen molar-refractivity contribution in [2.75, 3.05) is 25.4 Å². The van der Waals surface area contributed by atoms with Crippen molar-refractivity contribution in [3.63, 3.8) is 0 Å². The molecule has 2 rings (SSSR count). The number of nitrogens with zero attached hydrogens (tertiary/aromatic N) is 1. The molecule has 0 aromatic heterocycles. The number of aliphatic hydroxyl groups is 1. The van der Waals surface area contributed by atoms with Gasteiger partial charge in [0.05, 0.1) is 6.10 Å². The van der Waals surface area contributed by atoms with Crippen molar-refractivity contribution in [3.05, 3.63) is 0 Å². The Balaban J connectivity index is 1.79. The van der Waals surface area contributed by atoms with Gasteiger partial charge in [-0.25, -0.2) is 0 Å². The second-order valence-corrected chi connectivity index (χ2v) is 6.68. The van der Waals surface area contributed by atoms with Crippen LogP contribution in [-0.2, 0) is 0 Å². The zero-order valence-electron chi connectivity index (χ0n) is 10.4. The third kappa shape index (κ3) is 3.38. The molecular formula is C13H25NOS. The molecule has 2 fully saturated rings. The molecule has 1 aliphatic carbocycles. The van der Waals surface area contributed by atoms with Crippen molar-refractivity contribution in [3.8, 4) is 0 Å². The topological polar surface area (TPSA) is 23.5 Å². The zero-order valence-corrected chi connectivity index (χ0v) is 11.2. The number of hydrogen-bond acceptors (Lipinski definition) is 3. The quantitative estimate of drug-likeness (QED) is 0.823. The van der Waals surface area contributed by atoms with Crippen LogP contribution in [0.25, 0.3) is 0 Å². The van der Waals surface area contributed by atoms with Gasteiger partial charge in [0.25, 0.3) is 0 Å². The van der Waals surface area contributed by atoms with Gasteiger partial charge in [0.15, 0.2) is 0 Å². The predicted molar refractivity (Wildman–Crippen MR) is 70.9 cm³/mol. The Morgan fingerprint density at radius 1 is 1.31 bits per heavy atom. The van der Waals surface area contributed by atoms with Gasteiger partial charge >= 0.3 is 0 Å². The molecule has 1 heterocycles. The first-order valence-corrected chi connectivity index (χ1v) is 7.86. The molecule has 1 aliphatic heterocycles. The zero-order chi connectivity index (χ0) is 11.4. The number of rotatable bonds is 3. The summed E-state index contributed by atoms with van der Waals surface area (Å²) in [5.74, 6) is 1.83. The minimum absolute atomic E-state index is 0.0246. The summed E-state index contributed by atoms with van der Waals surface area (Å²) in [4.78, 5) is 2.59. The molecule has 3 unspecified atom stereocenters. The van der Waals surface area contributed by atoms with E-state index in [4.69, 9.17) is 0 Å². The molecule has 0 radical (unpaired) electrons. The van der Waals surface area contributed by atoms with Crippen LogP contribution >= 0.6 is 11.8 Å². The van der Waals surface area contributed by atoms with Crippen LogP contribution in [0.4, 0.5) is 0 Å².